The molecule has 2 rings (SSSR count). The third-order valence-corrected chi connectivity index (χ3v) is 2.68. The Morgan fingerprint density at radius 1 is 1.44 bits per heavy atom. The highest BCUT2D eigenvalue weighted by atomic mass is 16.6. The van der Waals surface area contributed by atoms with Crippen molar-refractivity contribution in [3.05, 3.63) is 47.7 Å². The zero-order chi connectivity index (χ0) is 11.4. The van der Waals surface area contributed by atoms with Crippen molar-refractivity contribution in [1.29, 1.82) is 0 Å². The summed E-state index contributed by atoms with van der Waals surface area (Å²) < 4.78 is 4.83. The van der Waals surface area contributed by atoms with Crippen LogP contribution in [-0.2, 0) is 11.2 Å². The van der Waals surface area contributed by atoms with Crippen molar-refractivity contribution in [3.8, 4) is 0 Å². The molecule has 1 saturated heterocycles. The number of benzene rings is 1. The van der Waals surface area contributed by atoms with Gasteiger partial charge in [0.25, 0.3) is 0 Å². The number of rotatable bonds is 3. The summed E-state index contributed by atoms with van der Waals surface area (Å²) in [6, 6.07) is 8.25. The molecule has 1 aliphatic heterocycles. The molecule has 1 heterocycles. The molecule has 0 N–H and O–H groups in total. The summed E-state index contributed by atoms with van der Waals surface area (Å²) in [5, 5.41) is 0. The molecule has 1 aliphatic rings. The minimum absolute atomic E-state index is 0.249. The molecule has 0 bridgehead atoms. The van der Waals surface area contributed by atoms with Crippen LogP contribution in [-0.4, -0.2) is 24.1 Å². The molecule has 16 heavy (non-hydrogen) atoms. The van der Waals surface area contributed by atoms with Gasteiger partial charge in [0.2, 0.25) is 0 Å². The predicted octanol–water partition coefficient (Wildman–Crippen LogP) is 2.50. The highest BCUT2D eigenvalue weighted by molar-refractivity contribution is 5.70. The molecular weight excluding hydrogens is 202 g/mol. The second-order valence-corrected chi connectivity index (χ2v) is 3.82. The molecule has 1 aromatic carbocycles. The van der Waals surface area contributed by atoms with Gasteiger partial charge in [-0.15, -0.1) is 0 Å². The molecule has 3 nitrogen and oxygen atoms in total. The highest BCUT2D eigenvalue weighted by Gasteiger charge is 2.18. The van der Waals surface area contributed by atoms with Crippen LogP contribution in [0.2, 0.25) is 0 Å². The Kier molecular flexibility index (Phi) is 3.25. The number of nitrogens with zero attached hydrogens (tertiary/aromatic N) is 1. The molecule has 0 aromatic heterocycles. The molecular formula is C13H15NO2. The summed E-state index contributed by atoms with van der Waals surface area (Å²) in [6.07, 6.45) is 4.40. The average molecular weight is 217 g/mol. The zero-order valence-corrected chi connectivity index (χ0v) is 9.35. The SMILES string of the molecule is Cc1ccccc1CC=CN1CCOC1=O. The summed E-state index contributed by atoms with van der Waals surface area (Å²) in [7, 11) is 0. The van der Waals surface area contributed by atoms with Crippen molar-refractivity contribution in [2.24, 2.45) is 0 Å². The van der Waals surface area contributed by atoms with Crippen molar-refractivity contribution >= 4 is 6.09 Å². The first-order valence-electron chi connectivity index (χ1n) is 5.42. The summed E-state index contributed by atoms with van der Waals surface area (Å²) in [5.41, 5.74) is 2.56. The van der Waals surface area contributed by atoms with Gasteiger partial charge in [-0.05, 0) is 24.5 Å². The van der Waals surface area contributed by atoms with Gasteiger partial charge in [-0.2, -0.15) is 0 Å². The van der Waals surface area contributed by atoms with Crippen LogP contribution in [0.3, 0.4) is 0 Å². The molecule has 1 aromatic rings. The topological polar surface area (TPSA) is 29.5 Å². The predicted molar refractivity (Wildman–Crippen MR) is 62.1 cm³/mol. The summed E-state index contributed by atoms with van der Waals surface area (Å²) in [4.78, 5) is 12.7. The normalized spacial score (nSPS) is 15.8. The van der Waals surface area contributed by atoms with E-state index >= 15 is 0 Å². The molecule has 0 aliphatic carbocycles. The van der Waals surface area contributed by atoms with Crippen LogP contribution < -0.4 is 0 Å². The van der Waals surface area contributed by atoms with Gasteiger partial charge < -0.3 is 4.74 Å². The fraction of sp³-hybridized carbons (Fsp3) is 0.308. The Hall–Kier alpha value is -1.77. The van der Waals surface area contributed by atoms with E-state index in [1.54, 1.807) is 4.90 Å². The highest BCUT2D eigenvalue weighted by Crippen LogP contribution is 2.09. The van der Waals surface area contributed by atoms with E-state index in [4.69, 9.17) is 4.74 Å². The van der Waals surface area contributed by atoms with Gasteiger partial charge in [-0.25, -0.2) is 4.79 Å². The van der Waals surface area contributed by atoms with E-state index in [2.05, 4.69) is 19.1 Å². The van der Waals surface area contributed by atoms with Gasteiger partial charge >= 0.3 is 6.09 Å². The van der Waals surface area contributed by atoms with Gasteiger partial charge in [0.15, 0.2) is 0 Å². The number of allylic oxidation sites excluding steroid dienone is 1. The van der Waals surface area contributed by atoms with Crippen LogP contribution in [0.1, 0.15) is 11.1 Å². The fourth-order valence-electron chi connectivity index (χ4n) is 1.69. The number of ether oxygens (including phenoxy) is 1. The minimum Gasteiger partial charge on any atom is -0.447 e. The van der Waals surface area contributed by atoms with Crippen LogP contribution in [0.15, 0.2) is 36.5 Å². The largest absolute Gasteiger partial charge is 0.447 e. The molecule has 0 atom stereocenters. The Morgan fingerprint density at radius 3 is 2.94 bits per heavy atom. The van der Waals surface area contributed by atoms with Gasteiger partial charge in [-0.3, -0.25) is 4.90 Å². The lowest BCUT2D eigenvalue weighted by Crippen LogP contribution is -2.16. The van der Waals surface area contributed by atoms with Crippen molar-refractivity contribution in [1.82, 2.24) is 4.90 Å². The molecule has 1 amide bonds. The zero-order valence-electron chi connectivity index (χ0n) is 9.35. The molecule has 0 radical (unpaired) electrons. The first-order chi connectivity index (χ1) is 7.77. The quantitative estimate of drug-likeness (QED) is 0.778. The van der Waals surface area contributed by atoms with Gasteiger partial charge in [-0.1, -0.05) is 30.3 Å². The third kappa shape index (κ3) is 2.42. The van der Waals surface area contributed by atoms with E-state index in [9.17, 15) is 4.79 Å². The number of carbonyl (C=O) groups is 1. The van der Waals surface area contributed by atoms with Gasteiger partial charge in [0.05, 0.1) is 6.54 Å². The van der Waals surface area contributed by atoms with Crippen LogP contribution in [0.4, 0.5) is 4.79 Å². The lowest BCUT2D eigenvalue weighted by Gasteiger charge is -2.05. The first kappa shape index (κ1) is 10.7. The second kappa shape index (κ2) is 4.84. The van der Waals surface area contributed by atoms with E-state index in [1.807, 2.05) is 24.4 Å². The maximum absolute atomic E-state index is 11.1. The average Bonchev–Trinajstić information content (AvgIpc) is 2.67. The molecule has 84 valence electrons. The maximum Gasteiger partial charge on any atom is 0.413 e. The number of hydrogen-bond acceptors (Lipinski definition) is 2. The van der Waals surface area contributed by atoms with Gasteiger partial charge in [0.1, 0.15) is 6.61 Å². The summed E-state index contributed by atoms with van der Waals surface area (Å²) in [5.74, 6) is 0. The van der Waals surface area contributed by atoms with E-state index in [-0.39, 0.29) is 6.09 Å². The standard InChI is InChI=1S/C13H15NO2/c1-11-5-2-3-6-12(11)7-4-8-14-9-10-16-13(14)15/h2-6,8H,7,9-10H2,1H3. The Bertz CT molecular complexity index is 412. The van der Waals surface area contributed by atoms with E-state index in [0.29, 0.717) is 13.2 Å². The second-order valence-electron chi connectivity index (χ2n) is 3.82. The van der Waals surface area contributed by atoms with Crippen LogP contribution >= 0.6 is 0 Å². The summed E-state index contributed by atoms with van der Waals surface area (Å²) in [6.45, 7) is 3.24. The van der Waals surface area contributed by atoms with Crippen LogP contribution in [0.5, 0.6) is 0 Å². The molecule has 0 saturated carbocycles. The Labute approximate surface area is 95.3 Å². The Morgan fingerprint density at radius 2 is 2.25 bits per heavy atom. The lowest BCUT2D eigenvalue weighted by atomic mass is 10.1. The molecule has 0 spiro atoms. The molecule has 1 fully saturated rings. The lowest BCUT2D eigenvalue weighted by molar-refractivity contribution is 0.166. The van der Waals surface area contributed by atoms with Gasteiger partial charge in [0, 0.05) is 6.20 Å². The number of cyclic esters (lactones) is 1. The van der Waals surface area contributed by atoms with E-state index in [0.717, 1.165) is 6.42 Å². The van der Waals surface area contributed by atoms with Crippen molar-refractivity contribution in [2.75, 3.05) is 13.2 Å². The van der Waals surface area contributed by atoms with Crippen LogP contribution in [0, 0.1) is 6.92 Å². The van der Waals surface area contributed by atoms with E-state index < -0.39 is 0 Å². The number of aryl methyl sites for hydroxylation is 1. The summed E-state index contributed by atoms with van der Waals surface area (Å²) >= 11 is 0. The van der Waals surface area contributed by atoms with Crippen LogP contribution in [0.25, 0.3) is 0 Å². The molecule has 0 unspecified atom stereocenters. The number of carbonyl (C=O) groups excluding carboxylic acids is 1. The smallest absolute Gasteiger partial charge is 0.413 e. The van der Waals surface area contributed by atoms with Crippen molar-refractivity contribution in [2.45, 2.75) is 13.3 Å². The number of amides is 1. The molecule has 3 heteroatoms. The third-order valence-electron chi connectivity index (χ3n) is 2.68. The first-order valence-corrected chi connectivity index (χ1v) is 5.42. The monoisotopic (exact) mass is 217 g/mol. The minimum atomic E-state index is -0.249. The number of hydrogen-bond donors (Lipinski definition) is 0. The van der Waals surface area contributed by atoms with Crippen molar-refractivity contribution in [3.63, 3.8) is 0 Å². The van der Waals surface area contributed by atoms with Crippen molar-refractivity contribution < 1.29 is 9.53 Å². The Balaban J connectivity index is 1.94. The van der Waals surface area contributed by atoms with E-state index in [1.165, 1.54) is 11.1 Å². The fourth-order valence-corrected chi connectivity index (χ4v) is 1.69. The maximum atomic E-state index is 11.1.